The van der Waals surface area contributed by atoms with Gasteiger partial charge in [-0.25, -0.2) is 4.79 Å². The van der Waals surface area contributed by atoms with Crippen LogP contribution in [0.4, 0.5) is 0 Å². The summed E-state index contributed by atoms with van der Waals surface area (Å²) in [6.07, 6.45) is 3.46. The molecule has 4 aliphatic heterocycles. The molecule has 130 valence electrons. The Balaban J connectivity index is 1.72. The summed E-state index contributed by atoms with van der Waals surface area (Å²) in [5, 5.41) is 0. The highest BCUT2D eigenvalue weighted by Gasteiger charge is 2.52. The molecule has 0 saturated carbocycles. The first-order valence-corrected chi connectivity index (χ1v) is 8.70. The van der Waals surface area contributed by atoms with Gasteiger partial charge in [0.15, 0.2) is 5.76 Å². The van der Waals surface area contributed by atoms with Gasteiger partial charge in [-0.2, -0.15) is 0 Å². The Morgan fingerprint density at radius 1 is 1.25 bits per heavy atom. The van der Waals surface area contributed by atoms with E-state index in [2.05, 4.69) is 6.92 Å². The van der Waals surface area contributed by atoms with Crippen LogP contribution < -0.4 is 0 Å². The van der Waals surface area contributed by atoms with Gasteiger partial charge in [0, 0.05) is 30.8 Å². The number of nitrogens with zero attached hydrogens (tertiary/aromatic N) is 1. The van der Waals surface area contributed by atoms with Crippen molar-refractivity contribution in [2.75, 3.05) is 13.7 Å². The van der Waals surface area contributed by atoms with Crippen molar-refractivity contribution >= 4 is 11.9 Å². The molecule has 4 heterocycles. The van der Waals surface area contributed by atoms with E-state index in [-0.39, 0.29) is 35.9 Å². The van der Waals surface area contributed by atoms with Gasteiger partial charge in [0.05, 0.1) is 12.7 Å². The van der Waals surface area contributed by atoms with E-state index in [9.17, 15) is 9.59 Å². The van der Waals surface area contributed by atoms with E-state index < -0.39 is 0 Å². The molecule has 0 aromatic rings. The zero-order valence-corrected chi connectivity index (χ0v) is 14.3. The molecule has 4 rings (SSSR count). The van der Waals surface area contributed by atoms with Crippen LogP contribution in [0.2, 0.25) is 0 Å². The van der Waals surface area contributed by atoms with Crippen LogP contribution in [0, 0.1) is 11.8 Å². The van der Waals surface area contributed by atoms with Crippen molar-refractivity contribution < 1.29 is 23.8 Å². The Morgan fingerprint density at radius 3 is 2.79 bits per heavy atom. The second-order valence-corrected chi connectivity index (χ2v) is 7.10. The number of hydrogen-bond donors (Lipinski definition) is 0. The number of esters is 1. The average molecular weight is 333 g/mol. The molecule has 24 heavy (non-hydrogen) atoms. The van der Waals surface area contributed by atoms with Crippen molar-refractivity contribution in [2.45, 2.75) is 51.7 Å². The number of methoxy groups -OCH3 is 1. The van der Waals surface area contributed by atoms with E-state index in [0.29, 0.717) is 29.3 Å². The summed E-state index contributed by atoms with van der Waals surface area (Å²) in [6, 6.07) is 0.228. The molecular formula is C18H23NO5. The molecule has 4 atom stereocenters. The second kappa shape index (κ2) is 5.53. The molecule has 0 spiro atoms. The minimum Gasteiger partial charge on any atom is -0.492 e. The number of cyclic esters (lactones) is 1. The van der Waals surface area contributed by atoms with E-state index >= 15 is 0 Å². The molecule has 0 aromatic carbocycles. The number of carbonyl (C=O) groups excluding carboxylic acids is 2. The topological polar surface area (TPSA) is 65.1 Å². The lowest BCUT2D eigenvalue weighted by molar-refractivity contribution is -0.133. The van der Waals surface area contributed by atoms with Crippen LogP contribution in [0.15, 0.2) is 22.9 Å². The van der Waals surface area contributed by atoms with Crippen LogP contribution in [0.25, 0.3) is 0 Å². The van der Waals surface area contributed by atoms with Gasteiger partial charge in [0.25, 0.3) is 0 Å². The molecule has 0 bridgehead atoms. The molecule has 6 nitrogen and oxygen atoms in total. The monoisotopic (exact) mass is 333 g/mol. The van der Waals surface area contributed by atoms with Crippen molar-refractivity contribution in [3.05, 3.63) is 22.9 Å². The average Bonchev–Trinajstić information content (AvgIpc) is 3.11. The van der Waals surface area contributed by atoms with Crippen LogP contribution in [0.5, 0.6) is 0 Å². The van der Waals surface area contributed by atoms with Gasteiger partial charge in [-0.1, -0.05) is 6.92 Å². The first-order valence-electron chi connectivity index (χ1n) is 8.70. The van der Waals surface area contributed by atoms with Crippen LogP contribution in [0.1, 0.15) is 39.5 Å². The number of fused-ring (bicyclic) bond motifs is 3. The quantitative estimate of drug-likeness (QED) is 0.688. The number of allylic oxidation sites excluding steroid dienone is 1. The lowest BCUT2D eigenvalue weighted by atomic mass is 9.82. The van der Waals surface area contributed by atoms with E-state index in [4.69, 9.17) is 14.2 Å². The number of carbonyl (C=O) groups is 2. The van der Waals surface area contributed by atoms with Gasteiger partial charge in [-0.3, -0.25) is 4.79 Å². The number of ether oxygens (including phenoxy) is 3. The normalized spacial score (nSPS) is 38.7. The molecule has 0 radical (unpaired) electrons. The number of amides is 1. The Bertz CT molecular complexity index is 664. The third-order valence-corrected chi connectivity index (χ3v) is 5.88. The predicted octanol–water partition coefficient (Wildman–Crippen LogP) is 2.11. The Labute approximate surface area is 141 Å². The molecule has 6 heteroatoms. The summed E-state index contributed by atoms with van der Waals surface area (Å²) < 4.78 is 17.1. The van der Waals surface area contributed by atoms with Gasteiger partial charge in [0.2, 0.25) is 11.7 Å². The van der Waals surface area contributed by atoms with Gasteiger partial charge in [-0.05, 0) is 26.2 Å². The lowest BCUT2D eigenvalue weighted by Crippen LogP contribution is -2.40. The van der Waals surface area contributed by atoms with Crippen molar-refractivity contribution in [1.82, 2.24) is 4.90 Å². The number of rotatable bonds is 1. The van der Waals surface area contributed by atoms with Crippen molar-refractivity contribution in [1.29, 1.82) is 0 Å². The van der Waals surface area contributed by atoms with E-state index in [0.717, 1.165) is 25.8 Å². The standard InChI is InChI=1S/C18H23NO5/c1-9-14-11-6-7-13(20)19(11)8-4-5-12(14)23-16(9)17-15(22-3)10(2)18(21)24-17/h9,11-12,14H,4-8H2,1-3H3/b17-16+/t9-,11-,12+,14+/m0/s1. The molecule has 0 N–H and O–H groups in total. The zero-order valence-electron chi connectivity index (χ0n) is 14.3. The van der Waals surface area contributed by atoms with Crippen molar-refractivity contribution in [3.63, 3.8) is 0 Å². The predicted molar refractivity (Wildman–Crippen MR) is 84.3 cm³/mol. The first-order chi connectivity index (χ1) is 11.5. The molecule has 3 saturated heterocycles. The SMILES string of the molecule is COC1=C(C)C(=O)O/C1=C1/O[C@@H]2CCCN3C(=O)CC[C@H]3[C@H]2[C@@H]1C. The fraction of sp³-hybridized carbons (Fsp3) is 0.667. The molecule has 1 amide bonds. The molecule has 4 aliphatic rings. The summed E-state index contributed by atoms with van der Waals surface area (Å²) in [7, 11) is 1.54. The third kappa shape index (κ3) is 2.08. The minimum absolute atomic E-state index is 0.0705. The fourth-order valence-corrected chi connectivity index (χ4v) is 4.73. The minimum atomic E-state index is -0.380. The molecule has 0 aliphatic carbocycles. The highest BCUT2D eigenvalue weighted by Crippen LogP contribution is 2.48. The maximum atomic E-state index is 12.2. The first kappa shape index (κ1) is 15.5. The summed E-state index contributed by atoms with van der Waals surface area (Å²) in [4.78, 5) is 26.1. The maximum absolute atomic E-state index is 12.2. The highest BCUT2D eigenvalue weighted by molar-refractivity contribution is 5.93. The van der Waals surface area contributed by atoms with Crippen LogP contribution in [0.3, 0.4) is 0 Å². The van der Waals surface area contributed by atoms with E-state index in [1.807, 2.05) is 4.90 Å². The zero-order chi connectivity index (χ0) is 17.0. The second-order valence-electron chi connectivity index (χ2n) is 7.10. The summed E-state index contributed by atoms with van der Waals surface area (Å²) in [6.45, 7) is 4.63. The van der Waals surface area contributed by atoms with Crippen LogP contribution in [-0.4, -0.2) is 42.6 Å². The third-order valence-electron chi connectivity index (χ3n) is 5.88. The molecule has 0 unspecified atom stereocenters. The highest BCUT2D eigenvalue weighted by atomic mass is 16.6. The van der Waals surface area contributed by atoms with Gasteiger partial charge in [-0.15, -0.1) is 0 Å². The number of hydrogen-bond acceptors (Lipinski definition) is 5. The van der Waals surface area contributed by atoms with Crippen molar-refractivity contribution in [3.8, 4) is 0 Å². The Kier molecular flexibility index (Phi) is 3.58. The molecule has 3 fully saturated rings. The Hall–Kier alpha value is -1.98. The maximum Gasteiger partial charge on any atom is 0.343 e. The lowest BCUT2D eigenvalue weighted by Gasteiger charge is -2.29. The van der Waals surface area contributed by atoms with Gasteiger partial charge < -0.3 is 19.1 Å². The Morgan fingerprint density at radius 2 is 2.04 bits per heavy atom. The summed E-state index contributed by atoms with van der Waals surface area (Å²) >= 11 is 0. The molecular weight excluding hydrogens is 310 g/mol. The van der Waals surface area contributed by atoms with Crippen molar-refractivity contribution in [2.24, 2.45) is 11.8 Å². The fourth-order valence-electron chi connectivity index (χ4n) is 4.73. The summed E-state index contributed by atoms with van der Waals surface area (Å²) in [5.41, 5.74) is 0.473. The van der Waals surface area contributed by atoms with Gasteiger partial charge >= 0.3 is 5.97 Å². The smallest absolute Gasteiger partial charge is 0.343 e. The van der Waals surface area contributed by atoms with Crippen LogP contribution in [-0.2, 0) is 23.8 Å². The van der Waals surface area contributed by atoms with E-state index in [1.54, 1.807) is 6.92 Å². The largest absolute Gasteiger partial charge is 0.492 e. The van der Waals surface area contributed by atoms with Crippen LogP contribution >= 0.6 is 0 Å². The summed E-state index contributed by atoms with van der Waals surface area (Å²) in [5.74, 6) is 1.82. The molecule has 0 aromatic heterocycles. The van der Waals surface area contributed by atoms with E-state index in [1.165, 1.54) is 7.11 Å². The van der Waals surface area contributed by atoms with Gasteiger partial charge in [0.1, 0.15) is 11.9 Å².